The van der Waals surface area contributed by atoms with Crippen LogP contribution in [0.1, 0.15) is 25.5 Å². The molecule has 22 heavy (non-hydrogen) atoms. The summed E-state index contributed by atoms with van der Waals surface area (Å²) >= 11 is 0. The van der Waals surface area contributed by atoms with Gasteiger partial charge in [0.1, 0.15) is 5.69 Å². The van der Waals surface area contributed by atoms with Crippen molar-refractivity contribution in [2.75, 3.05) is 11.4 Å². The highest BCUT2D eigenvalue weighted by atomic mass is 15.1. The van der Waals surface area contributed by atoms with Crippen molar-refractivity contribution in [2.45, 2.75) is 19.8 Å². The molecular formula is C17H19N5. The number of aromatic nitrogens is 2. The first-order chi connectivity index (χ1) is 10.6. The Morgan fingerprint density at radius 2 is 2.18 bits per heavy atom. The third kappa shape index (κ3) is 2.88. The molecule has 2 N–H and O–H groups in total. The molecule has 1 saturated carbocycles. The average molecular weight is 293 g/mol. The Hall–Kier alpha value is -2.56. The SMILES string of the molecule is C=C(C)N(CC1CC1)c1ccc2ncc(C(=N)C=N)nc2c1. The number of hydrogen-bond donors (Lipinski definition) is 2. The van der Waals surface area contributed by atoms with Crippen LogP contribution in [0.3, 0.4) is 0 Å². The molecular weight excluding hydrogens is 274 g/mol. The average Bonchev–Trinajstić information content (AvgIpc) is 3.34. The fraction of sp³-hybridized carbons (Fsp3) is 0.294. The minimum Gasteiger partial charge on any atom is -0.346 e. The molecule has 5 nitrogen and oxygen atoms in total. The maximum Gasteiger partial charge on any atom is 0.108 e. The molecule has 1 aliphatic rings. The van der Waals surface area contributed by atoms with E-state index >= 15 is 0 Å². The van der Waals surface area contributed by atoms with E-state index < -0.39 is 0 Å². The Morgan fingerprint density at radius 3 is 2.82 bits per heavy atom. The molecule has 1 aliphatic carbocycles. The molecule has 0 radical (unpaired) electrons. The van der Waals surface area contributed by atoms with Gasteiger partial charge >= 0.3 is 0 Å². The Kier molecular flexibility index (Phi) is 3.71. The van der Waals surface area contributed by atoms with Crippen LogP contribution >= 0.6 is 0 Å². The first-order valence-corrected chi connectivity index (χ1v) is 7.37. The van der Waals surface area contributed by atoms with Crippen LogP contribution in [0.5, 0.6) is 0 Å². The van der Waals surface area contributed by atoms with E-state index in [0.717, 1.165) is 41.1 Å². The zero-order valence-electron chi connectivity index (χ0n) is 12.6. The topological polar surface area (TPSA) is 76.7 Å². The molecule has 0 atom stereocenters. The van der Waals surface area contributed by atoms with Crippen molar-refractivity contribution in [3.05, 3.63) is 42.4 Å². The van der Waals surface area contributed by atoms with Crippen LogP contribution in [0.25, 0.3) is 11.0 Å². The maximum atomic E-state index is 7.69. The Morgan fingerprint density at radius 1 is 1.41 bits per heavy atom. The monoisotopic (exact) mass is 293 g/mol. The summed E-state index contributed by atoms with van der Waals surface area (Å²) < 4.78 is 0. The molecule has 3 rings (SSSR count). The van der Waals surface area contributed by atoms with Gasteiger partial charge in [0.25, 0.3) is 0 Å². The molecule has 0 bridgehead atoms. The Balaban J connectivity index is 2.00. The molecule has 5 heteroatoms. The van der Waals surface area contributed by atoms with E-state index in [4.69, 9.17) is 10.8 Å². The second-order valence-corrected chi connectivity index (χ2v) is 5.78. The van der Waals surface area contributed by atoms with Gasteiger partial charge in [-0.25, -0.2) is 4.98 Å². The van der Waals surface area contributed by atoms with Gasteiger partial charge in [0, 0.05) is 24.1 Å². The third-order valence-electron chi connectivity index (χ3n) is 3.86. The van der Waals surface area contributed by atoms with Gasteiger partial charge in [-0.05, 0) is 43.9 Å². The molecule has 112 valence electrons. The first kappa shape index (κ1) is 14.4. The van der Waals surface area contributed by atoms with Crippen molar-refractivity contribution >= 4 is 28.6 Å². The van der Waals surface area contributed by atoms with E-state index in [0.29, 0.717) is 5.69 Å². The lowest BCUT2D eigenvalue weighted by atomic mass is 10.2. The van der Waals surface area contributed by atoms with Crippen molar-refractivity contribution in [1.82, 2.24) is 9.97 Å². The highest BCUT2D eigenvalue weighted by Gasteiger charge is 2.25. The van der Waals surface area contributed by atoms with Crippen LogP contribution in [0, 0.1) is 16.7 Å². The fourth-order valence-electron chi connectivity index (χ4n) is 2.41. The number of allylic oxidation sites excluding steroid dienone is 1. The Labute approximate surface area is 129 Å². The van der Waals surface area contributed by atoms with Crippen LogP contribution in [-0.4, -0.2) is 28.4 Å². The normalized spacial score (nSPS) is 13.9. The molecule has 1 fully saturated rings. The van der Waals surface area contributed by atoms with Crippen LogP contribution in [0.2, 0.25) is 0 Å². The van der Waals surface area contributed by atoms with Crippen molar-refractivity contribution < 1.29 is 0 Å². The summed E-state index contributed by atoms with van der Waals surface area (Å²) in [5, 5.41) is 14.9. The molecule has 1 aromatic heterocycles. The van der Waals surface area contributed by atoms with Gasteiger partial charge in [-0.3, -0.25) is 10.4 Å². The van der Waals surface area contributed by atoms with Gasteiger partial charge in [-0.2, -0.15) is 0 Å². The van der Waals surface area contributed by atoms with Gasteiger partial charge in [0.2, 0.25) is 0 Å². The number of fused-ring (bicyclic) bond motifs is 1. The Bertz CT molecular complexity index is 761. The number of nitrogens with zero attached hydrogens (tertiary/aromatic N) is 3. The molecule has 0 saturated heterocycles. The van der Waals surface area contributed by atoms with Crippen molar-refractivity contribution in [3.63, 3.8) is 0 Å². The number of rotatable bonds is 6. The molecule has 2 aromatic rings. The zero-order chi connectivity index (χ0) is 15.7. The highest BCUT2D eigenvalue weighted by molar-refractivity contribution is 6.35. The van der Waals surface area contributed by atoms with Crippen LogP contribution in [0.15, 0.2) is 36.7 Å². The predicted octanol–water partition coefficient (Wildman–Crippen LogP) is 3.40. The highest BCUT2D eigenvalue weighted by Crippen LogP contribution is 2.33. The lowest BCUT2D eigenvalue weighted by molar-refractivity contribution is 0.787. The van der Waals surface area contributed by atoms with E-state index in [1.54, 1.807) is 0 Å². The summed E-state index contributed by atoms with van der Waals surface area (Å²) in [6, 6.07) is 5.97. The minimum atomic E-state index is 0.0644. The smallest absolute Gasteiger partial charge is 0.108 e. The summed E-state index contributed by atoms with van der Waals surface area (Å²) in [6.07, 6.45) is 5.10. The summed E-state index contributed by atoms with van der Waals surface area (Å²) in [6.45, 7) is 7.08. The molecule has 1 heterocycles. The quantitative estimate of drug-likeness (QED) is 0.801. The van der Waals surface area contributed by atoms with E-state index in [2.05, 4.69) is 21.4 Å². The molecule has 1 aromatic carbocycles. The van der Waals surface area contributed by atoms with Gasteiger partial charge in [0.15, 0.2) is 0 Å². The molecule has 0 unspecified atom stereocenters. The maximum absolute atomic E-state index is 7.69. The summed E-state index contributed by atoms with van der Waals surface area (Å²) in [4.78, 5) is 11.0. The van der Waals surface area contributed by atoms with Gasteiger partial charge in [-0.15, -0.1) is 0 Å². The van der Waals surface area contributed by atoms with E-state index in [9.17, 15) is 0 Å². The van der Waals surface area contributed by atoms with Crippen molar-refractivity contribution in [1.29, 1.82) is 10.8 Å². The lowest BCUT2D eigenvalue weighted by Crippen LogP contribution is -2.23. The van der Waals surface area contributed by atoms with Crippen molar-refractivity contribution in [2.24, 2.45) is 5.92 Å². The fourth-order valence-corrected chi connectivity index (χ4v) is 2.41. The largest absolute Gasteiger partial charge is 0.346 e. The van der Waals surface area contributed by atoms with E-state index in [1.165, 1.54) is 19.0 Å². The van der Waals surface area contributed by atoms with E-state index in [1.807, 2.05) is 25.1 Å². The number of hydrogen-bond acceptors (Lipinski definition) is 5. The number of anilines is 1. The molecule has 0 spiro atoms. The van der Waals surface area contributed by atoms with Crippen LogP contribution in [0.4, 0.5) is 5.69 Å². The lowest BCUT2D eigenvalue weighted by Gasteiger charge is -2.25. The summed E-state index contributed by atoms with van der Waals surface area (Å²) in [5.74, 6) is 0.760. The summed E-state index contributed by atoms with van der Waals surface area (Å²) in [7, 11) is 0. The van der Waals surface area contributed by atoms with Gasteiger partial charge in [-0.1, -0.05) is 6.58 Å². The van der Waals surface area contributed by atoms with Gasteiger partial charge < -0.3 is 10.3 Å². The zero-order valence-corrected chi connectivity index (χ0v) is 12.6. The second-order valence-electron chi connectivity index (χ2n) is 5.78. The van der Waals surface area contributed by atoms with Crippen molar-refractivity contribution in [3.8, 4) is 0 Å². The van der Waals surface area contributed by atoms with Crippen LogP contribution < -0.4 is 4.90 Å². The number of benzene rings is 1. The second kappa shape index (κ2) is 5.67. The standard InChI is InChI=1S/C17H19N5/c1-11(2)22(10-12-3-4-12)13-5-6-15-16(7-13)21-17(9-20-15)14(19)8-18/h5-9,12,18-19H,1,3-4,10H2,2H3. The van der Waals surface area contributed by atoms with Crippen LogP contribution in [-0.2, 0) is 0 Å². The summed E-state index contributed by atoms with van der Waals surface area (Å²) in [5.41, 5.74) is 4.09. The minimum absolute atomic E-state index is 0.0644. The van der Waals surface area contributed by atoms with Gasteiger partial charge in [0.05, 0.1) is 22.9 Å². The third-order valence-corrected chi connectivity index (χ3v) is 3.86. The number of nitrogens with one attached hydrogen (secondary N) is 2. The molecule has 0 aliphatic heterocycles. The predicted molar refractivity (Wildman–Crippen MR) is 90.0 cm³/mol. The first-order valence-electron chi connectivity index (χ1n) is 7.37. The van der Waals surface area contributed by atoms with E-state index in [-0.39, 0.29) is 5.71 Å². The molecule has 0 amide bonds.